The van der Waals surface area contributed by atoms with Gasteiger partial charge in [0.05, 0.1) is 0 Å². The topological polar surface area (TPSA) is 49.3 Å². The average molecular weight is 255 g/mol. The fourth-order valence-electron chi connectivity index (χ4n) is 1.65. The van der Waals surface area contributed by atoms with Gasteiger partial charge in [0, 0.05) is 22.7 Å². The summed E-state index contributed by atoms with van der Waals surface area (Å²) in [5.74, 6) is -0.692. The summed E-state index contributed by atoms with van der Waals surface area (Å²) in [7, 11) is 0. The fourth-order valence-corrected chi connectivity index (χ4v) is 2.67. The van der Waals surface area contributed by atoms with Crippen LogP contribution < -0.4 is 5.32 Å². The van der Waals surface area contributed by atoms with Crippen LogP contribution in [0, 0.1) is 13.8 Å². The van der Waals surface area contributed by atoms with E-state index in [2.05, 4.69) is 25.2 Å². The first kappa shape index (κ1) is 14.2. The van der Waals surface area contributed by atoms with E-state index in [9.17, 15) is 4.79 Å². The van der Waals surface area contributed by atoms with E-state index >= 15 is 0 Å². The molecule has 1 aromatic heterocycles. The molecule has 0 aliphatic rings. The van der Waals surface area contributed by atoms with Gasteiger partial charge >= 0.3 is 5.97 Å². The van der Waals surface area contributed by atoms with Gasteiger partial charge in [-0.05, 0) is 44.9 Å². The minimum absolute atomic E-state index is 0.295. The Morgan fingerprint density at radius 2 is 2.12 bits per heavy atom. The summed E-state index contributed by atoms with van der Waals surface area (Å²) in [4.78, 5) is 13.1. The summed E-state index contributed by atoms with van der Waals surface area (Å²) in [6.07, 6.45) is 3.12. The molecule has 17 heavy (non-hydrogen) atoms. The molecule has 1 rings (SSSR count). The maximum Gasteiger partial charge on any atom is 0.303 e. The Morgan fingerprint density at radius 3 is 2.71 bits per heavy atom. The number of rotatable bonds is 8. The summed E-state index contributed by atoms with van der Waals surface area (Å²) in [5, 5.41) is 11.9. The van der Waals surface area contributed by atoms with Crippen LogP contribution in [0.2, 0.25) is 0 Å². The van der Waals surface area contributed by atoms with Crippen LogP contribution in [-0.4, -0.2) is 17.6 Å². The summed E-state index contributed by atoms with van der Waals surface area (Å²) < 4.78 is 0. The smallest absolute Gasteiger partial charge is 0.303 e. The van der Waals surface area contributed by atoms with Crippen LogP contribution in [0.25, 0.3) is 0 Å². The molecular formula is C13H21NO2S. The number of carboxylic acids is 1. The first-order chi connectivity index (χ1) is 8.09. The van der Waals surface area contributed by atoms with Gasteiger partial charge in [-0.1, -0.05) is 6.42 Å². The van der Waals surface area contributed by atoms with Crippen LogP contribution in [0.1, 0.15) is 41.0 Å². The molecule has 0 amide bonds. The van der Waals surface area contributed by atoms with E-state index in [0.29, 0.717) is 6.42 Å². The number of carboxylic acid groups (broad SMARTS) is 1. The molecule has 0 fully saturated rings. The zero-order chi connectivity index (χ0) is 12.7. The maximum atomic E-state index is 10.3. The van der Waals surface area contributed by atoms with Crippen LogP contribution in [0.15, 0.2) is 6.07 Å². The highest BCUT2D eigenvalue weighted by Crippen LogP contribution is 2.20. The molecule has 0 atom stereocenters. The molecule has 0 unspecified atom stereocenters. The van der Waals surface area contributed by atoms with Crippen molar-refractivity contribution < 1.29 is 9.90 Å². The summed E-state index contributed by atoms with van der Waals surface area (Å²) in [6.45, 7) is 6.19. The predicted octanol–water partition coefficient (Wildman–Crippen LogP) is 3.10. The van der Waals surface area contributed by atoms with Gasteiger partial charge in [0.1, 0.15) is 0 Å². The van der Waals surface area contributed by atoms with Gasteiger partial charge in [0.2, 0.25) is 0 Å². The Bertz CT molecular complexity index is 341. The molecule has 3 nitrogen and oxygen atoms in total. The fraction of sp³-hybridized carbons (Fsp3) is 0.615. The molecule has 0 saturated carbocycles. The summed E-state index contributed by atoms with van der Waals surface area (Å²) in [6, 6.07) is 2.23. The van der Waals surface area contributed by atoms with Crippen LogP contribution >= 0.6 is 11.3 Å². The Balaban J connectivity index is 2.02. The number of carbonyl (C=O) groups is 1. The van der Waals surface area contributed by atoms with Crippen LogP contribution in [0.4, 0.5) is 0 Å². The molecule has 0 aliphatic carbocycles. The number of nitrogens with one attached hydrogen (secondary N) is 1. The highest BCUT2D eigenvalue weighted by Gasteiger charge is 2.01. The lowest BCUT2D eigenvalue weighted by Crippen LogP contribution is -2.13. The first-order valence-corrected chi connectivity index (χ1v) is 6.89. The van der Waals surface area contributed by atoms with Gasteiger partial charge in [0.15, 0.2) is 0 Å². The van der Waals surface area contributed by atoms with E-state index in [1.54, 1.807) is 0 Å². The highest BCUT2D eigenvalue weighted by atomic mass is 32.1. The van der Waals surface area contributed by atoms with Crippen molar-refractivity contribution in [2.45, 2.75) is 46.1 Å². The van der Waals surface area contributed by atoms with Gasteiger partial charge in [-0.15, -0.1) is 11.3 Å². The molecule has 1 aromatic rings. The van der Waals surface area contributed by atoms with E-state index in [-0.39, 0.29) is 0 Å². The second-order valence-corrected chi connectivity index (χ2v) is 5.67. The monoisotopic (exact) mass is 255 g/mol. The van der Waals surface area contributed by atoms with Gasteiger partial charge in [-0.3, -0.25) is 4.79 Å². The van der Waals surface area contributed by atoms with Crippen LogP contribution in [0.5, 0.6) is 0 Å². The van der Waals surface area contributed by atoms with Crippen molar-refractivity contribution in [1.29, 1.82) is 0 Å². The number of aliphatic carboxylic acids is 1. The van der Waals surface area contributed by atoms with Crippen molar-refractivity contribution in [1.82, 2.24) is 5.32 Å². The summed E-state index contributed by atoms with van der Waals surface area (Å²) >= 11 is 1.85. The first-order valence-electron chi connectivity index (χ1n) is 6.08. The third kappa shape index (κ3) is 5.84. The lowest BCUT2D eigenvalue weighted by Gasteiger charge is -2.02. The summed E-state index contributed by atoms with van der Waals surface area (Å²) in [5.41, 5.74) is 1.37. The van der Waals surface area contributed by atoms with Crippen molar-refractivity contribution in [2.75, 3.05) is 6.54 Å². The van der Waals surface area contributed by atoms with Crippen molar-refractivity contribution in [3.63, 3.8) is 0 Å². The zero-order valence-corrected chi connectivity index (χ0v) is 11.4. The Morgan fingerprint density at radius 1 is 1.35 bits per heavy atom. The van der Waals surface area contributed by atoms with E-state index in [4.69, 9.17) is 5.11 Å². The quantitative estimate of drug-likeness (QED) is 0.702. The second-order valence-electron chi connectivity index (χ2n) is 4.33. The molecule has 0 bridgehead atoms. The standard InChI is InChI=1S/C13H21NO2S/c1-10-8-12(17-11(10)2)9-14-7-5-3-4-6-13(15)16/h8,14H,3-7,9H2,1-2H3,(H,15,16). The van der Waals surface area contributed by atoms with Gasteiger partial charge in [-0.25, -0.2) is 0 Å². The molecule has 1 heterocycles. The number of aryl methyl sites for hydroxylation is 2. The van der Waals surface area contributed by atoms with Crippen molar-refractivity contribution in [2.24, 2.45) is 0 Å². The maximum absolute atomic E-state index is 10.3. The molecule has 0 spiro atoms. The normalized spacial score (nSPS) is 10.7. The van der Waals surface area contributed by atoms with Gasteiger partial charge < -0.3 is 10.4 Å². The molecule has 0 aliphatic heterocycles. The van der Waals surface area contributed by atoms with Crippen LogP contribution in [-0.2, 0) is 11.3 Å². The SMILES string of the molecule is Cc1cc(CNCCCCCC(=O)O)sc1C. The number of unbranched alkanes of at least 4 members (excludes halogenated alkanes) is 2. The molecular weight excluding hydrogens is 234 g/mol. The number of hydrogen-bond donors (Lipinski definition) is 2. The molecule has 4 heteroatoms. The third-order valence-corrected chi connectivity index (χ3v) is 3.91. The Labute approximate surface area is 107 Å². The molecule has 0 saturated heterocycles. The largest absolute Gasteiger partial charge is 0.481 e. The van der Waals surface area contributed by atoms with E-state index < -0.39 is 5.97 Å². The lowest BCUT2D eigenvalue weighted by atomic mass is 10.2. The van der Waals surface area contributed by atoms with Crippen molar-refractivity contribution in [3.05, 3.63) is 21.4 Å². The van der Waals surface area contributed by atoms with Gasteiger partial charge in [0.25, 0.3) is 0 Å². The van der Waals surface area contributed by atoms with Crippen molar-refractivity contribution in [3.8, 4) is 0 Å². The van der Waals surface area contributed by atoms with E-state index in [0.717, 1.165) is 32.4 Å². The van der Waals surface area contributed by atoms with E-state index in [1.807, 2.05) is 11.3 Å². The van der Waals surface area contributed by atoms with Crippen molar-refractivity contribution >= 4 is 17.3 Å². The highest BCUT2D eigenvalue weighted by molar-refractivity contribution is 7.12. The zero-order valence-electron chi connectivity index (χ0n) is 10.6. The molecule has 2 N–H and O–H groups in total. The lowest BCUT2D eigenvalue weighted by molar-refractivity contribution is -0.137. The molecule has 96 valence electrons. The molecule has 0 radical (unpaired) electrons. The Kier molecular flexibility index (Phi) is 6.22. The van der Waals surface area contributed by atoms with Crippen LogP contribution in [0.3, 0.4) is 0 Å². The minimum Gasteiger partial charge on any atom is -0.481 e. The number of hydrogen-bond acceptors (Lipinski definition) is 3. The molecule has 0 aromatic carbocycles. The Hall–Kier alpha value is -0.870. The third-order valence-electron chi connectivity index (χ3n) is 2.76. The van der Waals surface area contributed by atoms with E-state index in [1.165, 1.54) is 15.3 Å². The minimum atomic E-state index is -0.692. The van der Waals surface area contributed by atoms with Gasteiger partial charge in [-0.2, -0.15) is 0 Å². The predicted molar refractivity (Wildman–Crippen MR) is 71.6 cm³/mol. The number of thiophene rings is 1. The second kappa shape index (κ2) is 7.45. The average Bonchev–Trinajstić information content (AvgIpc) is 2.56.